The monoisotopic (exact) mass is 505 g/mol. The zero-order valence-corrected chi connectivity index (χ0v) is 23.2. The maximum absolute atomic E-state index is 13.9. The Morgan fingerprint density at radius 3 is 2.26 bits per heavy atom. The molecule has 0 heterocycles. The van der Waals surface area contributed by atoms with E-state index in [1.54, 1.807) is 25.7 Å². The Labute approximate surface area is 216 Å². The molecule has 1 aromatic carbocycles. The molecule has 7 nitrogen and oxygen atoms in total. The van der Waals surface area contributed by atoms with Gasteiger partial charge in [0.05, 0.1) is 0 Å². The van der Waals surface area contributed by atoms with Crippen molar-refractivity contribution in [2.24, 2.45) is 5.92 Å². The number of hydrogen-bond donors (Lipinski definition) is 3. The highest BCUT2D eigenvalue weighted by molar-refractivity contribution is 7.80. The molecule has 0 aliphatic heterocycles. The molecule has 8 heteroatoms. The van der Waals surface area contributed by atoms with E-state index >= 15 is 0 Å². The average Bonchev–Trinajstić information content (AvgIpc) is 3.48. The molecule has 0 aromatic heterocycles. The van der Waals surface area contributed by atoms with Crippen LogP contribution in [0.5, 0.6) is 0 Å². The summed E-state index contributed by atoms with van der Waals surface area (Å²) in [5, 5.41) is 5.74. The minimum atomic E-state index is -0.916. The fourth-order valence-corrected chi connectivity index (χ4v) is 4.57. The fourth-order valence-electron chi connectivity index (χ4n) is 4.33. The lowest BCUT2D eigenvalue weighted by Crippen LogP contribution is -2.55. The number of benzene rings is 1. The number of nitrogens with one attached hydrogen (secondary N) is 2. The number of alkyl carbamates (subject to hydrolysis) is 1. The van der Waals surface area contributed by atoms with E-state index in [0.717, 1.165) is 42.4 Å². The van der Waals surface area contributed by atoms with Gasteiger partial charge in [-0.15, -0.1) is 0 Å². The molecule has 196 valence electrons. The predicted octanol–water partition coefficient (Wildman–Crippen LogP) is 4.71. The number of thiol groups is 1. The fraction of sp³-hybridized carbons (Fsp3) is 0.667. The molecule has 1 aliphatic rings. The lowest BCUT2D eigenvalue weighted by molar-refractivity contribution is -0.143. The van der Waals surface area contributed by atoms with Crippen LogP contribution >= 0.6 is 12.6 Å². The Hall–Kier alpha value is -2.22. The highest BCUT2D eigenvalue weighted by Gasteiger charge is 2.48. The first kappa shape index (κ1) is 29.0. The predicted molar refractivity (Wildman–Crippen MR) is 143 cm³/mol. The topological polar surface area (TPSA) is 87.7 Å². The van der Waals surface area contributed by atoms with Crippen LogP contribution in [-0.2, 0) is 14.3 Å². The first-order chi connectivity index (χ1) is 16.4. The molecule has 2 N–H and O–H groups in total. The molecule has 4 atom stereocenters. The van der Waals surface area contributed by atoms with Crippen LogP contribution in [0, 0.1) is 19.8 Å². The van der Waals surface area contributed by atoms with Crippen molar-refractivity contribution in [2.75, 3.05) is 12.3 Å². The molecule has 0 radical (unpaired) electrons. The van der Waals surface area contributed by atoms with Gasteiger partial charge in [0, 0.05) is 18.3 Å². The number of carbonyl (C=O) groups excluding carboxylic acids is 3. The summed E-state index contributed by atoms with van der Waals surface area (Å²) < 4.78 is 5.37. The van der Waals surface area contributed by atoms with E-state index in [0.29, 0.717) is 6.54 Å². The molecule has 0 spiro atoms. The van der Waals surface area contributed by atoms with Crippen LogP contribution in [0.1, 0.15) is 83.0 Å². The molecule has 3 amide bonds. The molecule has 2 rings (SSSR count). The van der Waals surface area contributed by atoms with Gasteiger partial charge in [-0.2, -0.15) is 12.6 Å². The van der Waals surface area contributed by atoms with Gasteiger partial charge in [-0.25, -0.2) is 4.79 Å². The summed E-state index contributed by atoms with van der Waals surface area (Å²) in [7, 11) is 0. The summed E-state index contributed by atoms with van der Waals surface area (Å²) >= 11 is 4.36. The van der Waals surface area contributed by atoms with E-state index in [9.17, 15) is 14.4 Å². The normalized spacial score (nSPS) is 18.9. The minimum Gasteiger partial charge on any atom is -0.444 e. The van der Waals surface area contributed by atoms with Crippen molar-refractivity contribution in [2.45, 2.75) is 97.9 Å². The first-order valence-corrected chi connectivity index (χ1v) is 13.3. The van der Waals surface area contributed by atoms with Crippen molar-refractivity contribution < 1.29 is 19.1 Å². The average molecular weight is 506 g/mol. The van der Waals surface area contributed by atoms with Gasteiger partial charge in [0.15, 0.2) is 0 Å². The van der Waals surface area contributed by atoms with Gasteiger partial charge in [0.1, 0.15) is 17.7 Å². The van der Waals surface area contributed by atoms with Crippen LogP contribution in [0.4, 0.5) is 4.79 Å². The molecule has 0 saturated heterocycles. The van der Waals surface area contributed by atoms with Crippen LogP contribution in [0.2, 0.25) is 0 Å². The first-order valence-electron chi connectivity index (χ1n) is 12.7. The number of amides is 3. The van der Waals surface area contributed by atoms with Gasteiger partial charge < -0.3 is 20.3 Å². The zero-order chi connectivity index (χ0) is 26.3. The van der Waals surface area contributed by atoms with Crippen LogP contribution < -0.4 is 10.6 Å². The SMILES string of the molecule is CCCCCNC(=O)C(c1c(C)cccc1C)N(C(=O)C(CS)NC(=O)OC(C)(C)C)C1CC1C. The number of hydrogen-bond acceptors (Lipinski definition) is 5. The smallest absolute Gasteiger partial charge is 0.408 e. The number of carbonyl (C=O) groups is 3. The molecule has 35 heavy (non-hydrogen) atoms. The Morgan fingerprint density at radius 2 is 1.77 bits per heavy atom. The number of nitrogens with zero attached hydrogens (tertiary/aromatic N) is 1. The quantitative estimate of drug-likeness (QED) is 0.300. The number of rotatable bonds is 11. The Balaban J connectivity index is 2.44. The van der Waals surface area contributed by atoms with E-state index in [4.69, 9.17) is 4.74 Å². The van der Waals surface area contributed by atoms with Crippen LogP contribution in [0.25, 0.3) is 0 Å². The summed E-state index contributed by atoms with van der Waals surface area (Å²) in [4.78, 5) is 41.8. The molecule has 0 bridgehead atoms. The molecule has 4 unspecified atom stereocenters. The molecule has 1 aromatic rings. The molecular weight excluding hydrogens is 462 g/mol. The second-order valence-corrected chi connectivity index (χ2v) is 11.0. The standard InChI is InChI=1S/C27H43N3O4S/c1-8-9-10-14-28-24(31)23(22-17(2)12-11-13-18(22)3)30(21-15-19(21)4)25(32)20(16-35)29-26(33)34-27(5,6)7/h11-13,19-21,23,35H,8-10,14-16H2,1-7H3,(H,28,31)(H,29,33). The van der Waals surface area contributed by atoms with Crippen molar-refractivity contribution in [3.63, 3.8) is 0 Å². The van der Waals surface area contributed by atoms with Gasteiger partial charge in [0.25, 0.3) is 0 Å². The van der Waals surface area contributed by atoms with Crippen LogP contribution in [0.15, 0.2) is 18.2 Å². The molecule has 1 fully saturated rings. The number of unbranched alkanes of at least 4 members (excludes halogenated alkanes) is 2. The summed E-state index contributed by atoms with van der Waals surface area (Å²) in [5.74, 6) is -0.161. The van der Waals surface area contributed by atoms with Gasteiger partial charge in [-0.1, -0.05) is 44.9 Å². The second-order valence-electron chi connectivity index (χ2n) is 10.6. The van der Waals surface area contributed by atoms with E-state index in [2.05, 4.69) is 37.1 Å². The van der Waals surface area contributed by atoms with Crippen molar-refractivity contribution in [3.8, 4) is 0 Å². The largest absolute Gasteiger partial charge is 0.444 e. The molecule has 1 saturated carbocycles. The van der Waals surface area contributed by atoms with E-state index in [-0.39, 0.29) is 29.5 Å². The van der Waals surface area contributed by atoms with Crippen molar-refractivity contribution in [1.82, 2.24) is 15.5 Å². The maximum Gasteiger partial charge on any atom is 0.408 e. The maximum atomic E-state index is 13.9. The lowest BCUT2D eigenvalue weighted by Gasteiger charge is -2.36. The Morgan fingerprint density at radius 1 is 1.17 bits per heavy atom. The van der Waals surface area contributed by atoms with E-state index < -0.39 is 23.8 Å². The van der Waals surface area contributed by atoms with E-state index in [1.165, 1.54) is 0 Å². The van der Waals surface area contributed by atoms with Gasteiger partial charge in [-0.3, -0.25) is 9.59 Å². The molecular formula is C27H43N3O4S. The summed E-state index contributed by atoms with van der Waals surface area (Å²) in [6, 6.07) is 4.10. The van der Waals surface area contributed by atoms with Crippen LogP contribution in [-0.4, -0.2) is 52.8 Å². The summed E-state index contributed by atoms with van der Waals surface area (Å²) in [6.07, 6.45) is 3.09. The van der Waals surface area contributed by atoms with Crippen molar-refractivity contribution in [3.05, 3.63) is 34.9 Å². The highest BCUT2D eigenvalue weighted by Crippen LogP contribution is 2.42. The van der Waals surface area contributed by atoms with Crippen molar-refractivity contribution >= 4 is 30.5 Å². The third kappa shape index (κ3) is 8.16. The minimum absolute atomic E-state index is 0.0873. The summed E-state index contributed by atoms with van der Waals surface area (Å²) in [6.45, 7) is 14.0. The molecule has 1 aliphatic carbocycles. The van der Waals surface area contributed by atoms with E-state index in [1.807, 2.05) is 32.0 Å². The second kappa shape index (κ2) is 12.7. The van der Waals surface area contributed by atoms with Gasteiger partial charge in [-0.05, 0) is 70.1 Å². The Kier molecular flexibility index (Phi) is 10.5. The van der Waals surface area contributed by atoms with Gasteiger partial charge >= 0.3 is 6.09 Å². The Bertz CT molecular complexity index is 879. The van der Waals surface area contributed by atoms with Gasteiger partial charge in [0.2, 0.25) is 11.8 Å². The number of aryl methyl sites for hydroxylation is 2. The third-order valence-corrected chi connectivity index (χ3v) is 6.64. The lowest BCUT2D eigenvalue weighted by atomic mass is 9.93. The number of ether oxygens (including phenoxy) is 1. The zero-order valence-electron chi connectivity index (χ0n) is 22.3. The van der Waals surface area contributed by atoms with Crippen molar-refractivity contribution in [1.29, 1.82) is 0 Å². The summed E-state index contributed by atoms with van der Waals surface area (Å²) in [5.41, 5.74) is 2.04. The third-order valence-electron chi connectivity index (χ3n) is 6.27. The highest BCUT2D eigenvalue weighted by atomic mass is 32.1. The van der Waals surface area contributed by atoms with Crippen LogP contribution in [0.3, 0.4) is 0 Å².